The average molecular weight is 302 g/mol. The molecule has 1 aromatic carbocycles. The minimum Gasteiger partial charge on any atom is -0.486 e. The third kappa shape index (κ3) is 2.28. The molecule has 1 fully saturated rings. The smallest absolute Gasteiger partial charge is 0.251 e. The Labute approximate surface area is 128 Å². The Bertz CT molecular complexity index is 610. The minimum atomic E-state index is -0.499. The number of ether oxygens (including phenoxy) is 3. The second kappa shape index (κ2) is 5.51. The van der Waals surface area contributed by atoms with E-state index in [1.807, 2.05) is 23.1 Å². The topological polar surface area (TPSA) is 60.4 Å². The number of carbonyl (C=O) groups excluding carboxylic acids is 1. The van der Waals surface area contributed by atoms with Gasteiger partial charge in [0.25, 0.3) is 5.91 Å². The van der Waals surface area contributed by atoms with E-state index in [1.54, 1.807) is 0 Å². The van der Waals surface area contributed by atoms with Gasteiger partial charge < -0.3 is 19.1 Å². The molecule has 3 aliphatic rings. The van der Waals surface area contributed by atoms with Gasteiger partial charge in [-0.2, -0.15) is 0 Å². The standard InChI is InChI=1S/C16H18N2O4/c19-16(18-5-1-2-6-18)14-15(22-10-17-14)11-3-4-12-13(9-11)21-8-7-20-12/h3-4,9-10,14-15H,1-2,5-8H2/t14-,15+/m0/s1. The van der Waals surface area contributed by atoms with Crippen molar-refractivity contribution in [2.75, 3.05) is 26.3 Å². The number of likely N-dealkylation sites (tertiary alicyclic amines) is 1. The highest BCUT2D eigenvalue weighted by molar-refractivity contribution is 5.85. The fourth-order valence-corrected chi connectivity index (χ4v) is 3.13. The van der Waals surface area contributed by atoms with Crippen molar-refractivity contribution in [1.82, 2.24) is 4.90 Å². The maximum Gasteiger partial charge on any atom is 0.251 e. The molecule has 0 spiro atoms. The Morgan fingerprint density at radius 1 is 1.14 bits per heavy atom. The summed E-state index contributed by atoms with van der Waals surface area (Å²) in [6, 6.07) is 5.17. The van der Waals surface area contributed by atoms with Gasteiger partial charge in [-0.3, -0.25) is 4.79 Å². The Hall–Kier alpha value is -2.24. The average Bonchev–Trinajstić information content (AvgIpc) is 3.25. The van der Waals surface area contributed by atoms with Gasteiger partial charge in [-0.25, -0.2) is 4.99 Å². The molecule has 3 aliphatic heterocycles. The molecule has 0 unspecified atom stereocenters. The maximum absolute atomic E-state index is 12.6. The van der Waals surface area contributed by atoms with Gasteiger partial charge in [0.05, 0.1) is 0 Å². The highest BCUT2D eigenvalue weighted by Crippen LogP contribution is 2.36. The van der Waals surface area contributed by atoms with E-state index in [0.717, 1.165) is 37.2 Å². The number of aliphatic imine (C=N–C) groups is 1. The van der Waals surface area contributed by atoms with Crippen LogP contribution >= 0.6 is 0 Å². The van der Waals surface area contributed by atoms with Crippen LogP contribution in [0.5, 0.6) is 11.5 Å². The SMILES string of the molecule is O=C([C@H]1N=CO[C@@H]1c1ccc2c(c1)OCCO2)N1CCCC1. The van der Waals surface area contributed by atoms with Crippen LogP contribution in [0, 0.1) is 0 Å². The first-order valence-electron chi connectivity index (χ1n) is 7.68. The van der Waals surface area contributed by atoms with E-state index in [2.05, 4.69) is 4.99 Å². The van der Waals surface area contributed by atoms with Gasteiger partial charge in [-0.05, 0) is 30.5 Å². The van der Waals surface area contributed by atoms with E-state index in [-0.39, 0.29) is 12.0 Å². The molecule has 0 radical (unpaired) electrons. The first-order chi connectivity index (χ1) is 10.8. The molecule has 0 bridgehead atoms. The van der Waals surface area contributed by atoms with Crippen LogP contribution < -0.4 is 9.47 Å². The van der Waals surface area contributed by atoms with Crippen LogP contribution in [-0.4, -0.2) is 49.6 Å². The number of fused-ring (bicyclic) bond motifs is 1. The van der Waals surface area contributed by atoms with Crippen LogP contribution in [0.25, 0.3) is 0 Å². The normalized spacial score (nSPS) is 26.1. The summed E-state index contributed by atoms with van der Waals surface area (Å²) in [4.78, 5) is 18.7. The lowest BCUT2D eigenvalue weighted by Crippen LogP contribution is -2.38. The van der Waals surface area contributed by atoms with E-state index in [0.29, 0.717) is 19.0 Å². The van der Waals surface area contributed by atoms with Crippen molar-refractivity contribution in [3.05, 3.63) is 23.8 Å². The molecule has 6 heteroatoms. The molecule has 0 N–H and O–H groups in total. The lowest BCUT2D eigenvalue weighted by atomic mass is 10.0. The maximum atomic E-state index is 12.6. The molecule has 2 atom stereocenters. The van der Waals surface area contributed by atoms with E-state index in [1.165, 1.54) is 6.40 Å². The highest BCUT2D eigenvalue weighted by Gasteiger charge is 2.37. The summed E-state index contributed by atoms with van der Waals surface area (Å²) in [5.74, 6) is 1.48. The molecule has 1 aromatic rings. The quantitative estimate of drug-likeness (QED) is 0.831. The van der Waals surface area contributed by atoms with Crippen molar-refractivity contribution in [2.45, 2.75) is 25.0 Å². The molecular formula is C16H18N2O4. The molecular weight excluding hydrogens is 284 g/mol. The molecule has 116 valence electrons. The van der Waals surface area contributed by atoms with Crippen LogP contribution in [0.1, 0.15) is 24.5 Å². The fourth-order valence-electron chi connectivity index (χ4n) is 3.13. The van der Waals surface area contributed by atoms with Crippen LogP contribution in [0.4, 0.5) is 0 Å². The molecule has 0 saturated carbocycles. The zero-order valence-corrected chi connectivity index (χ0v) is 12.2. The number of carbonyl (C=O) groups is 1. The predicted octanol–water partition coefficient (Wildman–Crippen LogP) is 1.55. The number of hydrogen-bond donors (Lipinski definition) is 0. The summed E-state index contributed by atoms with van der Waals surface area (Å²) in [5, 5.41) is 0. The molecule has 0 aliphatic carbocycles. The van der Waals surface area contributed by atoms with Gasteiger partial charge in [0.1, 0.15) is 13.2 Å². The van der Waals surface area contributed by atoms with Crippen LogP contribution in [0.15, 0.2) is 23.2 Å². The summed E-state index contributed by atoms with van der Waals surface area (Å²) in [7, 11) is 0. The van der Waals surface area contributed by atoms with Gasteiger partial charge in [-0.1, -0.05) is 6.07 Å². The van der Waals surface area contributed by atoms with Crippen LogP contribution in [0.3, 0.4) is 0 Å². The first kappa shape index (κ1) is 13.4. The predicted molar refractivity (Wildman–Crippen MR) is 79.4 cm³/mol. The number of rotatable bonds is 2. The second-order valence-electron chi connectivity index (χ2n) is 5.69. The highest BCUT2D eigenvalue weighted by atomic mass is 16.6. The fraction of sp³-hybridized carbons (Fsp3) is 0.500. The van der Waals surface area contributed by atoms with Gasteiger partial charge >= 0.3 is 0 Å². The first-order valence-corrected chi connectivity index (χ1v) is 7.68. The van der Waals surface area contributed by atoms with E-state index >= 15 is 0 Å². The molecule has 6 nitrogen and oxygen atoms in total. The molecule has 22 heavy (non-hydrogen) atoms. The summed E-state index contributed by atoms with van der Waals surface area (Å²) >= 11 is 0. The Kier molecular flexibility index (Phi) is 3.36. The summed E-state index contributed by atoms with van der Waals surface area (Å²) in [6.45, 7) is 2.73. The Morgan fingerprint density at radius 3 is 2.73 bits per heavy atom. The lowest BCUT2D eigenvalue weighted by Gasteiger charge is -2.24. The Morgan fingerprint density at radius 2 is 1.91 bits per heavy atom. The molecule has 1 saturated heterocycles. The molecule has 4 rings (SSSR count). The number of hydrogen-bond acceptors (Lipinski definition) is 5. The third-order valence-corrected chi connectivity index (χ3v) is 4.28. The molecule has 3 heterocycles. The van der Waals surface area contributed by atoms with Gasteiger partial charge in [0.15, 0.2) is 30.0 Å². The number of amides is 1. The number of benzene rings is 1. The third-order valence-electron chi connectivity index (χ3n) is 4.28. The van der Waals surface area contributed by atoms with Gasteiger partial charge in [-0.15, -0.1) is 0 Å². The monoisotopic (exact) mass is 302 g/mol. The van der Waals surface area contributed by atoms with Gasteiger partial charge in [0.2, 0.25) is 0 Å². The van der Waals surface area contributed by atoms with Crippen LogP contribution in [0.2, 0.25) is 0 Å². The van der Waals surface area contributed by atoms with Crippen molar-refractivity contribution in [3.8, 4) is 11.5 Å². The van der Waals surface area contributed by atoms with Crippen molar-refractivity contribution in [3.63, 3.8) is 0 Å². The van der Waals surface area contributed by atoms with E-state index in [9.17, 15) is 4.79 Å². The number of nitrogens with zero attached hydrogens (tertiary/aromatic N) is 2. The zero-order valence-electron chi connectivity index (χ0n) is 12.2. The summed E-state index contributed by atoms with van der Waals surface area (Å²) < 4.78 is 16.7. The zero-order chi connectivity index (χ0) is 14.9. The largest absolute Gasteiger partial charge is 0.486 e. The van der Waals surface area contributed by atoms with Crippen LogP contribution in [-0.2, 0) is 9.53 Å². The minimum absolute atomic E-state index is 0.0474. The van der Waals surface area contributed by atoms with Crippen molar-refractivity contribution >= 4 is 12.3 Å². The van der Waals surface area contributed by atoms with E-state index < -0.39 is 6.04 Å². The second-order valence-corrected chi connectivity index (χ2v) is 5.69. The molecule has 0 aromatic heterocycles. The Balaban J connectivity index is 1.57. The molecule has 1 amide bonds. The summed E-state index contributed by atoms with van der Waals surface area (Å²) in [5.41, 5.74) is 0.888. The summed E-state index contributed by atoms with van der Waals surface area (Å²) in [6.07, 6.45) is 3.14. The van der Waals surface area contributed by atoms with Crippen molar-refractivity contribution in [2.24, 2.45) is 4.99 Å². The van der Waals surface area contributed by atoms with Gasteiger partial charge in [0, 0.05) is 13.1 Å². The van der Waals surface area contributed by atoms with E-state index in [4.69, 9.17) is 14.2 Å². The van der Waals surface area contributed by atoms with Crippen molar-refractivity contribution < 1.29 is 19.0 Å². The van der Waals surface area contributed by atoms with Crippen molar-refractivity contribution in [1.29, 1.82) is 0 Å². The lowest BCUT2D eigenvalue weighted by molar-refractivity contribution is -0.133.